The number of hydrogen-bond acceptors (Lipinski definition) is 0. The quantitative estimate of drug-likeness (QED) is 0.442. The largest absolute Gasteiger partial charge is 0.0769 e. The SMILES string of the molecule is C1=CC2C=CC1/C=C\C=C/2. The van der Waals surface area contributed by atoms with E-state index in [9.17, 15) is 0 Å². The van der Waals surface area contributed by atoms with Crippen molar-refractivity contribution in [2.24, 2.45) is 11.8 Å². The monoisotopic (exact) mass is 130 g/mol. The van der Waals surface area contributed by atoms with E-state index < -0.39 is 0 Å². The molecular formula is C10H10. The van der Waals surface area contributed by atoms with Crippen LogP contribution in [0, 0.1) is 11.8 Å². The van der Waals surface area contributed by atoms with Crippen LogP contribution < -0.4 is 0 Å². The molecule has 0 spiro atoms. The fourth-order valence-corrected chi connectivity index (χ4v) is 1.28. The lowest BCUT2D eigenvalue weighted by Gasteiger charge is -2.12. The first kappa shape index (κ1) is 5.72. The summed E-state index contributed by atoms with van der Waals surface area (Å²) in [6.45, 7) is 0. The maximum Gasteiger partial charge on any atom is 0.0131 e. The maximum absolute atomic E-state index is 2.24. The van der Waals surface area contributed by atoms with Gasteiger partial charge in [-0.05, 0) is 0 Å². The first-order chi connectivity index (χ1) is 4.95. The van der Waals surface area contributed by atoms with Crippen LogP contribution in [0.1, 0.15) is 0 Å². The molecule has 0 aliphatic heterocycles. The smallest absolute Gasteiger partial charge is 0.0131 e. The lowest BCUT2D eigenvalue weighted by atomic mass is 9.93. The van der Waals surface area contributed by atoms with E-state index in [0.29, 0.717) is 11.8 Å². The highest BCUT2D eigenvalue weighted by Gasteiger charge is 2.04. The second-order valence-electron chi connectivity index (χ2n) is 2.69. The van der Waals surface area contributed by atoms with E-state index in [0.717, 1.165) is 0 Å². The average Bonchev–Trinajstić information content (AvgIpc) is 1.89. The summed E-state index contributed by atoms with van der Waals surface area (Å²) in [4.78, 5) is 0. The molecule has 0 radical (unpaired) electrons. The molecule has 0 amide bonds. The Bertz CT molecular complexity index is 190. The van der Waals surface area contributed by atoms with E-state index in [-0.39, 0.29) is 0 Å². The molecule has 0 aromatic heterocycles. The van der Waals surface area contributed by atoms with E-state index in [4.69, 9.17) is 0 Å². The van der Waals surface area contributed by atoms with Crippen molar-refractivity contribution in [3.05, 3.63) is 48.6 Å². The van der Waals surface area contributed by atoms with E-state index in [1.807, 2.05) is 0 Å². The van der Waals surface area contributed by atoms with Crippen molar-refractivity contribution in [2.75, 3.05) is 0 Å². The normalized spacial score (nSPS) is 40.8. The van der Waals surface area contributed by atoms with Crippen molar-refractivity contribution >= 4 is 0 Å². The van der Waals surface area contributed by atoms with Gasteiger partial charge in [-0.15, -0.1) is 0 Å². The third kappa shape index (κ3) is 0.971. The third-order valence-electron chi connectivity index (χ3n) is 1.89. The first-order valence-electron chi connectivity index (χ1n) is 3.67. The molecule has 3 aliphatic carbocycles. The van der Waals surface area contributed by atoms with Crippen LogP contribution in [0.4, 0.5) is 0 Å². The molecule has 0 fully saturated rings. The summed E-state index contributed by atoms with van der Waals surface area (Å²) in [7, 11) is 0. The number of rotatable bonds is 0. The molecular weight excluding hydrogens is 120 g/mol. The Morgan fingerprint density at radius 3 is 1.30 bits per heavy atom. The fraction of sp³-hybridized carbons (Fsp3) is 0.200. The van der Waals surface area contributed by atoms with Crippen LogP contribution in [0.5, 0.6) is 0 Å². The molecule has 0 aromatic carbocycles. The van der Waals surface area contributed by atoms with Crippen molar-refractivity contribution in [1.29, 1.82) is 0 Å². The Balaban J connectivity index is 2.38. The van der Waals surface area contributed by atoms with Crippen molar-refractivity contribution in [2.45, 2.75) is 0 Å². The predicted molar refractivity (Wildman–Crippen MR) is 43.5 cm³/mol. The molecule has 0 heteroatoms. The van der Waals surface area contributed by atoms with E-state index in [1.165, 1.54) is 0 Å². The summed E-state index contributed by atoms with van der Waals surface area (Å²) in [5.41, 5.74) is 0. The second kappa shape index (κ2) is 2.30. The fourth-order valence-electron chi connectivity index (χ4n) is 1.28. The summed E-state index contributed by atoms with van der Waals surface area (Å²) in [5, 5.41) is 0. The van der Waals surface area contributed by atoms with Gasteiger partial charge in [-0.1, -0.05) is 48.6 Å². The summed E-state index contributed by atoms with van der Waals surface area (Å²) in [6, 6.07) is 0. The van der Waals surface area contributed by atoms with Crippen LogP contribution in [-0.4, -0.2) is 0 Å². The van der Waals surface area contributed by atoms with Crippen LogP contribution in [-0.2, 0) is 0 Å². The topological polar surface area (TPSA) is 0 Å². The number of hydrogen-bond donors (Lipinski definition) is 0. The van der Waals surface area contributed by atoms with Gasteiger partial charge in [0.2, 0.25) is 0 Å². The maximum atomic E-state index is 2.24. The zero-order chi connectivity index (χ0) is 6.81. The molecule has 0 aromatic rings. The highest BCUT2D eigenvalue weighted by atomic mass is 14.1. The van der Waals surface area contributed by atoms with E-state index in [1.54, 1.807) is 0 Å². The number of fused-ring (bicyclic) bond motifs is 1. The van der Waals surface area contributed by atoms with Crippen LogP contribution in [0.25, 0.3) is 0 Å². The van der Waals surface area contributed by atoms with Gasteiger partial charge in [0, 0.05) is 11.8 Å². The Morgan fingerprint density at radius 2 is 0.900 bits per heavy atom. The zero-order valence-electron chi connectivity index (χ0n) is 5.77. The van der Waals surface area contributed by atoms with Crippen molar-refractivity contribution in [1.82, 2.24) is 0 Å². The lowest BCUT2D eigenvalue weighted by molar-refractivity contribution is 0.929. The second-order valence-corrected chi connectivity index (χ2v) is 2.69. The van der Waals surface area contributed by atoms with Gasteiger partial charge in [0.15, 0.2) is 0 Å². The van der Waals surface area contributed by atoms with E-state index >= 15 is 0 Å². The summed E-state index contributed by atoms with van der Waals surface area (Å²) in [5.74, 6) is 1.09. The lowest BCUT2D eigenvalue weighted by Crippen LogP contribution is -1.98. The van der Waals surface area contributed by atoms with Crippen LogP contribution >= 0.6 is 0 Å². The Morgan fingerprint density at radius 1 is 0.500 bits per heavy atom. The van der Waals surface area contributed by atoms with Crippen LogP contribution in [0.3, 0.4) is 0 Å². The van der Waals surface area contributed by atoms with Gasteiger partial charge in [0.25, 0.3) is 0 Å². The van der Waals surface area contributed by atoms with Gasteiger partial charge >= 0.3 is 0 Å². The highest BCUT2D eigenvalue weighted by Crippen LogP contribution is 2.18. The minimum Gasteiger partial charge on any atom is -0.0769 e. The molecule has 2 bridgehead atoms. The average molecular weight is 130 g/mol. The van der Waals surface area contributed by atoms with Gasteiger partial charge in [-0.2, -0.15) is 0 Å². The van der Waals surface area contributed by atoms with Gasteiger partial charge in [-0.3, -0.25) is 0 Å². The first-order valence-corrected chi connectivity index (χ1v) is 3.67. The minimum absolute atomic E-state index is 0.543. The molecule has 50 valence electrons. The van der Waals surface area contributed by atoms with Crippen molar-refractivity contribution < 1.29 is 0 Å². The molecule has 0 nitrogen and oxygen atoms in total. The third-order valence-corrected chi connectivity index (χ3v) is 1.89. The zero-order valence-corrected chi connectivity index (χ0v) is 5.77. The molecule has 10 heavy (non-hydrogen) atoms. The van der Waals surface area contributed by atoms with Crippen molar-refractivity contribution in [3.63, 3.8) is 0 Å². The molecule has 0 N–H and O–H groups in total. The van der Waals surface area contributed by atoms with E-state index in [2.05, 4.69) is 48.6 Å². The van der Waals surface area contributed by atoms with Crippen LogP contribution in [0.2, 0.25) is 0 Å². The molecule has 0 unspecified atom stereocenters. The summed E-state index contributed by atoms with van der Waals surface area (Å²) in [6.07, 6.45) is 17.6. The Labute approximate surface area is 61.3 Å². The Hall–Kier alpha value is -1.04. The number of allylic oxidation sites excluding steroid dienone is 8. The Kier molecular flexibility index (Phi) is 1.31. The van der Waals surface area contributed by atoms with Crippen LogP contribution in [0.15, 0.2) is 48.6 Å². The molecule has 0 heterocycles. The predicted octanol–water partition coefficient (Wildman–Crippen LogP) is 2.47. The summed E-state index contributed by atoms with van der Waals surface area (Å²) < 4.78 is 0. The molecule has 3 rings (SSSR count). The highest BCUT2D eigenvalue weighted by molar-refractivity contribution is 5.27. The standard InChI is InChI=1S/C10H10/c1-2-4-10-7-5-9(3-1)6-8-10/h1-10H/b3-1-,4-2-. The molecule has 0 saturated carbocycles. The molecule has 0 saturated heterocycles. The minimum atomic E-state index is 0.543. The van der Waals surface area contributed by atoms with Gasteiger partial charge in [-0.25, -0.2) is 0 Å². The van der Waals surface area contributed by atoms with Gasteiger partial charge in [0.1, 0.15) is 0 Å². The summed E-state index contributed by atoms with van der Waals surface area (Å²) >= 11 is 0. The van der Waals surface area contributed by atoms with Crippen molar-refractivity contribution in [3.8, 4) is 0 Å². The molecule has 0 atom stereocenters. The molecule has 3 aliphatic rings. The van der Waals surface area contributed by atoms with Gasteiger partial charge in [0.05, 0.1) is 0 Å². The van der Waals surface area contributed by atoms with Gasteiger partial charge < -0.3 is 0 Å².